The molecule has 106 valence electrons. The number of benzene rings is 1. The van der Waals surface area contributed by atoms with Gasteiger partial charge in [-0.2, -0.15) is 10.2 Å². The molecule has 0 aliphatic rings. The molecule has 0 aliphatic heterocycles. The summed E-state index contributed by atoms with van der Waals surface area (Å²) in [5, 5.41) is 12.7. The predicted molar refractivity (Wildman–Crippen MR) is 81.1 cm³/mol. The number of nitriles is 1. The van der Waals surface area contributed by atoms with Crippen LogP contribution in [0.25, 0.3) is 11.5 Å². The Morgan fingerprint density at radius 1 is 1.35 bits per heavy atom. The van der Waals surface area contributed by atoms with Gasteiger partial charge in [-0.15, -0.1) is 12.4 Å². The fourth-order valence-electron chi connectivity index (χ4n) is 1.54. The van der Waals surface area contributed by atoms with Crippen LogP contribution in [0.2, 0.25) is 5.02 Å². The van der Waals surface area contributed by atoms with Gasteiger partial charge in [-0.3, -0.25) is 0 Å². The lowest BCUT2D eigenvalue weighted by molar-refractivity contribution is 0.584. The van der Waals surface area contributed by atoms with Crippen LogP contribution >= 0.6 is 24.0 Å². The number of hydrogen-bond donors (Lipinski definition) is 2. The number of nitrogens with two attached hydrogens (primary N) is 1. The highest BCUT2D eigenvalue weighted by atomic mass is 35.5. The quantitative estimate of drug-likeness (QED) is 0.828. The summed E-state index contributed by atoms with van der Waals surface area (Å²) < 4.78 is 5.55. The average Bonchev–Trinajstić information content (AvgIpc) is 2.83. The zero-order valence-electron chi connectivity index (χ0n) is 10.6. The van der Waals surface area contributed by atoms with Gasteiger partial charge >= 0.3 is 0 Å². The van der Waals surface area contributed by atoms with E-state index >= 15 is 0 Å². The Labute approximate surface area is 128 Å². The van der Waals surface area contributed by atoms with Gasteiger partial charge in [0, 0.05) is 17.1 Å². The molecule has 0 spiro atoms. The van der Waals surface area contributed by atoms with Gasteiger partial charge in [0.25, 0.3) is 0 Å². The Morgan fingerprint density at radius 2 is 2.05 bits per heavy atom. The van der Waals surface area contributed by atoms with E-state index in [1.165, 1.54) is 0 Å². The Hall–Kier alpha value is -1.74. The van der Waals surface area contributed by atoms with Crippen molar-refractivity contribution in [3.05, 3.63) is 35.0 Å². The highest BCUT2D eigenvalue weighted by molar-refractivity contribution is 6.30. The Bertz CT molecular complexity index is 589. The van der Waals surface area contributed by atoms with Crippen LogP contribution in [0, 0.1) is 11.3 Å². The van der Waals surface area contributed by atoms with Gasteiger partial charge < -0.3 is 15.5 Å². The molecule has 2 aromatic rings. The molecule has 0 saturated heterocycles. The third-order valence-electron chi connectivity index (χ3n) is 2.49. The number of hydrogen-bond acceptors (Lipinski definition) is 5. The van der Waals surface area contributed by atoms with Crippen molar-refractivity contribution in [3.63, 3.8) is 0 Å². The van der Waals surface area contributed by atoms with Gasteiger partial charge in [0.15, 0.2) is 0 Å². The van der Waals surface area contributed by atoms with Crippen LogP contribution in [0.15, 0.2) is 28.7 Å². The van der Waals surface area contributed by atoms with E-state index in [0.717, 1.165) is 12.0 Å². The van der Waals surface area contributed by atoms with E-state index in [-0.39, 0.29) is 18.1 Å². The summed E-state index contributed by atoms with van der Waals surface area (Å²) in [7, 11) is 0. The summed E-state index contributed by atoms with van der Waals surface area (Å²) in [5.41, 5.74) is 6.42. The van der Waals surface area contributed by atoms with Crippen molar-refractivity contribution in [3.8, 4) is 17.5 Å². The number of rotatable bonds is 5. The molecule has 0 saturated carbocycles. The normalized spacial score (nSPS) is 9.65. The second-order valence-electron chi connectivity index (χ2n) is 3.88. The largest absolute Gasteiger partial charge is 0.419 e. The van der Waals surface area contributed by atoms with Gasteiger partial charge in [0.05, 0.1) is 0 Å². The molecule has 2 rings (SSSR count). The van der Waals surface area contributed by atoms with Crippen LogP contribution in [0.4, 0.5) is 5.88 Å². The number of anilines is 1. The maximum absolute atomic E-state index is 9.02. The molecule has 0 atom stereocenters. The van der Waals surface area contributed by atoms with Crippen molar-refractivity contribution in [1.29, 1.82) is 5.26 Å². The molecule has 0 unspecified atom stereocenters. The van der Waals surface area contributed by atoms with Gasteiger partial charge in [0.1, 0.15) is 6.07 Å². The fraction of sp³-hybridized carbons (Fsp3) is 0.231. The molecule has 0 bridgehead atoms. The topological polar surface area (TPSA) is 87.9 Å². The van der Waals surface area contributed by atoms with Crippen LogP contribution in [0.5, 0.6) is 0 Å². The highest BCUT2D eigenvalue weighted by Gasteiger charge is 2.13. The van der Waals surface area contributed by atoms with Crippen molar-refractivity contribution in [2.45, 2.75) is 6.42 Å². The average molecular weight is 313 g/mol. The van der Waals surface area contributed by atoms with Crippen LogP contribution in [-0.2, 0) is 0 Å². The SMILES string of the molecule is Cl.N#Cc1nc(-c2ccc(Cl)cc2)oc1NCCCN. The van der Waals surface area contributed by atoms with Crippen molar-refractivity contribution in [1.82, 2.24) is 4.98 Å². The zero-order chi connectivity index (χ0) is 13.7. The second kappa shape index (κ2) is 7.75. The van der Waals surface area contributed by atoms with E-state index < -0.39 is 0 Å². The first kappa shape index (κ1) is 16.3. The molecule has 5 nitrogen and oxygen atoms in total. The number of oxazole rings is 1. The van der Waals surface area contributed by atoms with Gasteiger partial charge in [-0.05, 0) is 37.2 Å². The highest BCUT2D eigenvalue weighted by Crippen LogP contribution is 2.26. The molecule has 1 aromatic carbocycles. The molecule has 7 heteroatoms. The van der Waals surface area contributed by atoms with E-state index in [9.17, 15) is 0 Å². The third kappa shape index (κ3) is 3.87. The van der Waals surface area contributed by atoms with E-state index in [1.54, 1.807) is 24.3 Å². The van der Waals surface area contributed by atoms with Gasteiger partial charge in [-0.25, -0.2) is 0 Å². The minimum Gasteiger partial charge on any atom is -0.419 e. The zero-order valence-corrected chi connectivity index (χ0v) is 12.2. The Kier molecular flexibility index (Phi) is 6.32. The van der Waals surface area contributed by atoms with Crippen molar-refractivity contribution >= 4 is 29.9 Å². The summed E-state index contributed by atoms with van der Waals surface area (Å²) in [6, 6.07) is 9.07. The van der Waals surface area contributed by atoms with E-state index in [0.29, 0.717) is 29.9 Å². The van der Waals surface area contributed by atoms with E-state index in [4.69, 9.17) is 27.0 Å². The summed E-state index contributed by atoms with van der Waals surface area (Å²) >= 11 is 5.82. The molecule has 1 aromatic heterocycles. The van der Waals surface area contributed by atoms with Crippen molar-refractivity contribution < 1.29 is 4.42 Å². The maximum atomic E-state index is 9.02. The van der Waals surface area contributed by atoms with Crippen molar-refractivity contribution in [2.75, 3.05) is 18.4 Å². The predicted octanol–water partition coefficient (Wildman–Crippen LogP) is 3.05. The van der Waals surface area contributed by atoms with E-state index in [1.807, 2.05) is 6.07 Å². The van der Waals surface area contributed by atoms with Crippen LogP contribution < -0.4 is 11.1 Å². The first-order valence-electron chi connectivity index (χ1n) is 5.85. The lowest BCUT2D eigenvalue weighted by Crippen LogP contribution is -2.08. The molecule has 0 radical (unpaired) electrons. The minimum absolute atomic E-state index is 0. The second-order valence-corrected chi connectivity index (χ2v) is 4.32. The Balaban J connectivity index is 0.00000200. The number of aromatic nitrogens is 1. The summed E-state index contributed by atoms with van der Waals surface area (Å²) in [4.78, 5) is 4.14. The minimum atomic E-state index is 0. The number of nitrogens with one attached hydrogen (secondary N) is 1. The summed E-state index contributed by atoms with van der Waals surface area (Å²) in [6.07, 6.45) is 0.793. The maximum Gasteiger partial charge on any atom is 0.232 e. The summed E-state index contributed by atoms with van der Waals surface area (Å²) in [6.45, 7) is 1.22. The van der Waals surface area contributed by atoms with E-state index in [2.05, 4.69) is 10.3 Å². The molecular formula is C13H14Cl2N4O. The first-order valence-corrected chi connectivity index (χ1v) is 6.23. The van der Waals surface area contributed by atoms with Crippen molar-refractivity contribution in [2.24, 2.45) is 5.73 Å². The monoisotopic (exact) mass is 312 g/mol. The smallest absolute Gasteiger partial charge is 0.232 e. The molecule has 0 aliphatic carbocycles. The summed E-state index contributed by atoms with van der Waals surface area (Å²) in [5.74, 6) is 0.768. The molecular weight excluding hydrogens is 299 g/mol. The standard InChI is InChI=1S/C13H13ClN4O.ClH/c14-10-4-2-9(3-5-10)12-18-11(8-16)13(19-12)17-7-1-6-15;/h2-5,17H,1,6-7,15H2;1H. The van der Waals surface area contributed by atoms with Crippen LogP contribution in [0.1, 0.15) is 12.1 Å². The fourth-order valence-corrected chi connectivity index (χ4v) is 1.66. The first-order chi connectivity index (χ1) is 9.24. The molecule has 0 amide bonds. The van der Waals surface area contributed by atoms with Crippen LogP contribution in [-0.4, -0.2) is 18.1 Å². The molecule has 1 heterocycles. The lowest BCUT2D eigenvalue weighted by atomic mass is 10.2. The molecule has 20 heavy (non-hydrogen) atoms. The lowest BCUT2D eigenvalue weighted by Gasteiger charge is -2.00. The molecule has 0 fully saturated rings. The number of nitrogens with zero attached hydrogens (tertiary/aromatic N) is 2. The molecule has 3 N–H and O–H groups in total. The number of halogens is 2. The third-order valence-corrected chi connectivity index (χ3v) is 2.74. The van der Waals surface area contributed by atoms with Crippen LogP contribution in [0.3, 0.4) is 0 Å². The Morgan fingerprint density at radius 3 is 2.65 bits per heavy atom. The van der Waals surface area contributed by atoms with Gasteiger partial charge in [-0.1, -0.05) is 11.6 Å². The van der Waals surface area contributed by atoms with Gasteiger partial charge in [0.2, 0.25) is 17.5 Å².